The quantitative estimate of drug-likeness (QED) is 0.580. The molecule has 0 aliphatic heterocycles. The van der Waals surface area contributed by atoms with Crippen LogP contribution in [-0.2, 0) is 6.42 Å². The van der Waals surface area contributed by atoms with Crippen molar-refractivity contribution >= 4 is 16.7 Å². The maximum atomic E-state index is 8.82. The normalized spacial score (nSPS) is 10.1. The molecular formula is C11H11N5. The van der Waals surface area contributed by atoms with Gasteiger partial charge in [-0.1, -0.05) is 6.92 Å². The average Bonchev–Trinajstić information content (AvgIpc) is 2.36. The summed E-state index contributed by atoms with van der Waals surface area (Å²) in [5, 5.41) is 9.58. The molecule has 0 spiro atoms. The number of hydrogen-bond donors (Lipinski definition) is 2. The van der Waals surface area contributed by atoms with Crippen LogP contribution in [0.4, 0.5) is 5.82 Å². The Morgan fingerprint density at radius 1 is 1.44 bits per heavy atom. The molecule has 2 aromatic rings. The van der Waals surface area contributed by atoms with Crippen LogP contribution < -0.4 is 11.3 Å². The predicted molar refractivity (Wildman–Crippen MR) is 61.4 cm³/mol. The molecule has 0 radical (unpaired) electrons. The summed E-state index contributed by atoms with van der Waals surface area (Å²) in [4.78, 5) is 8.62. The van der Waals surface area contributed by atoms with Crippen LogP contribution in [0.3, 0.4) is 0 Å². The van der Waals surface area contributed by atoms with E-state index in [-0.39, 0.29) is 0 Å². The zero-order valence-electron chi connectivity index (χ0n) is 8.86. The van der Waals surface area contributed by atoms with Crippen LogP contribution in [-0.4, -0.2) is 9.97 Å². The number of hydrogen-bond acceptors (Lipinski definition) is 5. The van der Waals surface area contributed by atoms with E-state index in [2.05, 4.69) is 21.5 Å². The molecule has 5 heteroatoms. The number of aromatic nitrogens is 2. The lowest BCUT2D eigenvalue weighted by atomic mass is 10.1. The fourth-order valence-corrected chi connectivity index (χ4v) is 1.51. The first-order valence-corrected chi connectivity index (χ1v) is 4.96. The lowest BCUT2D eigenvalue weighted by Gasteiger charge is -2.06. The molecule has 1 heterocycles. The molecule has 0 saturated heterocycles. The van der Waals surface area contributed by atoms with Gasteiger partial charge in [-0.15, -0.1) is 0 Å². The van der Waals surface area contributed by atoms with Gasteiger partial charge < -0.3 is 5.43 Å². The number of anilines is 1. The van der Waals surface area contributed by atoms with Crippen LogP contribution in [0.25, 0.3) is 10.9 Å². The number of aryl methyl sites for hydroxylation is 1. The topological polar surface area (TPSA) is 87.6 Å². The molecule has 0 bridgehead atoms. The molecule has 80 valence electrons. The molecule has 3 N–H and O–H groups in total. The lowest BCUT2D eigenvalue weighted by Crippen LogP contribution is -2.11. The average molecular weight is 213 g/mol. The molecule has 16 heavy (non-hydrogen) atoms. The minimum Gasteiger partial charge on any atom is -0.308 e. The summed E-state index contributed by atoms with van der Waals surface area (Å²) >= 11 is 0. The monoisotopic (exact) mass is 213 g/mol. The van der Waals surface area contributed by atoms with Crippen LogP contribution in [0, 0.1) is 11.3 Å². The number of nitrogens with zero attached hydrogens (tertiary/aromatic N) is 3. The molecule has 0 saturated carbocycles. The van der Waals surface area contributed by atoms with Crippen molar-refractivity contribution in [3.8, 4) is 6.07 Å². The number of hydrazine groups is 1. The summed E-state index contributed by atoms with van der Waals surface area (Å²) in [6.45, 7) is 1.98. The zero-order valence-corrected chi connectivity index (χ0v) is 8.86. The number of benzene rings is 1. The van der Waals surface area contributed by atoms with Crippen LogP contribution in [0.2, 0.25) is 0 Å². The van der Waals surface area contributed by atoms with Crippen molar-refractivity contribution in [3.63, 3.8) is 0 Å². The van der Waals surface area contributed by atoms with E-state index in [0.29, 0.717) is 11.4 Å². The molecule has 2 rings (SSSR count). The molecule has 0 unspecified atom stereocenters. The second-order valence-electron chi connectivity index (χ2n) is 3.33. The van der Waals surface area contributed by atoms with Crippen molar-refractivity contribution in [1.82, 2.24) is 9.97 Å². The Kier molecular flexibility index (Phi) is 2.66. The van der Waals surface area contributed by atoms with Gasteiger partial charge in [-0.25, -0.2) is 15.8 Å². The van der Waals surface area contributed by atoms with Crippen LogP contribution >= 0.6 is 0 Å². The number of nitrogen functional groups attached to an aromatic ring is 1. The Hall–Kier alpha value is -2.19. The van der Waals surface area contributed by atoms with Gasteiger partial charge in [0.2, 0.25) is 0 Å². The second-order valence-corrected chi connectivity index (χ2v) is 3.33. The standard InChI is InChI=1S/C11H11N5/c1-2-10-14-9-4-3-7(6-12)5-8(9)11(15-10)16-13/h3-5H,2,13H2,1H3,(H,14,15,16). The Morgan fingerprint density at radius 2 is 2.25 bits per heavy atom. The fraction of sp³-hybridized carbons (Fsp3) is 0.182. The molecule has 5 nitrogen and oxygen atoms in total. The molecule has 0 atom stereocenters. The molecule has 0 aliphatic carbocycles. The van der Waals surface area contributed by atoms with E-state index in [1.54, 1.807) is 18.2 Å². The summed E-state index contributed by atoms with van der Waals surface area (Å²) < 4.78 is 0. The summed E-state index contributed by atoms with van der Waals surface area (Å²) in [7, 11) is 0. The number of nitrogens with one attached hydrogen (secondary N) is 1. The van der Waals surface area contributed by atoms with Gasteiger partial charge in [0.1, 0.15) is 5.82 Å². The van der Waals surface area contributed by atoms with Crippen molar-refractivity contribution in [2.24, 2.45) is 5.84 Å². The summed E-state index contributed by atoms with van der Waals surface area (Å²) in [5.74, 6) is 6.69. The first kappa shape index (κ1) is 10.3. The van der Waals surface area contributed by atoms with Crippen molar-refractivity contribution in [2.75, 3.05) is 5.43 Å². The molecule has 0 amide bonds. The second kappa shape index (κ2) is 4.13. The minimum absolute atomic E-state index is 0.555. The molecule has 0 fully saturated rings. The van der Waals surface area contributed by atoms with E-state index in [9.17, 15) is 0 Å². The van der Waals surface area contributed by atoms with Gasteiger partial charge >= 0.3 is 0 Å². The third-order valence-electron chi connectivity index (χ3n) is 2.32. The number of rotatable bonds is 2. The van der Waals surface area contributed by atoms with E-state index in [1.807, 2.05) is 6.92 Å². The third-order valence-corrected chi connectivity index (χ3v) is 2.32. The molecule has 0 aliphatic rings. The lowest BCUT2D eigenvalue weighted by molar-refractivity contribution is 0.959. The molecular weight excluding hydrogens is 202 g/mol. The van der Waals surface area contributed by atoms with Gasteiger partial charge in [-0.05, 0) is 18.2 Å². The van der Waals surface area contributed by atoms with E-state index < -0.39 is 0 Å². The first-order chi connectivity index (χ1) is 7.78. The maximum absolute atomic E-state index is 8.82. The van der Waals surface area contributed by atoms with Crippen molar-refractivity contribution in [1.29, 1.82) is 5.26 Å². The predicted octanol–water partition coefficient (Wildman–Crippen LogP) is 1.35. The van der Waals surface area contributed by atoms with Gasteiger partial charge in [0.25, 0.3) is 0 Å². The van der Waals surface area contributed by atoms with E-state index in [1.165, 1.54) is 0 Å². The Labute approximate surface area is 92.9 Å². The summed E-state index contributed by atoms with van der Waals surface area (Å²) in [6, 6.07) is 7.33. The Morgan fingerprint density at radius 3 is 2.88 bits per heavy atom. The first-order valence-electron chi connectivity index (χ1n) is 4.96. The van der Waals surface area contributed by atoms with Crippen LogP contribution in [0.1, 0.15) is 18.3 Å². The Bertz CT molecular complexity index is 570. The van der Waals surface area contributed by atoms with E-state index >= 15 is 0 Å². The maximum Gasteiger partial charge on any atom is 0.151 e. The van der Waals surface area contributed by atoms with Crippen molar-refractivity contribution in [2.45, 2.75) is 13.3 Å². The van der Waals surface area contributed by atoms with Gasteiger partial charge in [-0.2, -0.15) is 5.26 Å². The number of nitriles is 1. The smallest absolute Gasteiger partial charge is 0.151 e. The number of fused-ring (bicyclic) bond motifs is 1. The molecule has 1 aromatic carbocycles. The molecule has 1 aromatic heterocycles. The Balaban J connectivity index is 2.75. The van der Waals surface area contributed by atoms with Crippen LogP contribution in [0.15, 0.2) is 18.2 Å². The summed E-state index contributed by atoms with van der Waals surface area (Å²) in [5.41, 5.74) is 3.89. The minimum atomic E-state index is 0.555. The summed E-state index contributed by atoms with van der Waals surface area (Å²) in [6.07, 6.45) is 0.741. The van der Waals surface area contributed by atoms with Crippen molar-refractivity contribution < 1.29 is 0 Å². The zero-order chi connectivity index (χ0) is 11.5. The van der Waals surface area contributed by atoms with Gasteiger partial charge in [0.05, 0.1) is 17.1 Å². The highest BCUT2D eigenvalue weighted by Crippen LogP contribution is 2.21. The highest BCUT2D eigenvalue weighted by Gasteiger charge is 2.06. The van der Waals surface area contributed by atoms with Gasteiger partial charge in [-0.3, -0.25) is 0 Å². The van der Waals surface area contributed by atoms with E-state index in [0.717, 1.165) is 23.1 Å². The SMILES string of the molecule is CCc1nc(NN)c2cc(C#N)ccc2n1. The van der Waals surface area contributed by atoms with Gasteiger partial charge in [0.15, 0.2) is 5.82 Å². The fourth-order valence-electron chi connectivity index (χ4n) is 1.51. The highest BCUT2D eigenvalue weighted by atomic mass is 15.3. The van der Waals surface area contributed by atoms with Crippen molar-refractivity contribution in [3.05, 3.63) is 29.6 Å². The van der Waals surface area contributed by atoms with E-state index in [4.69, 9.17) is 11.1 Å². The number of nitrogens with two attached hydrogens (primary N) is 1. The highest BCUT2D eigenvalue weighted by molar-refractivity contribution is 5.89. The largest absolute Gasteiger partial charge is 0.308 e. The van der Waals surface area contributed by atoms with Gasteiger partial charge in [0, 0.05) is 11.8 Å². The third kappa shape index (κ3) is 1.66. The van der Waals surface area contributed by atoms with Crippen LogP contribution in [0.5, 0.6) is 0 Å².